The largest absolute Gasteiger partial charge is 0.341 e. The minimum Gasteiger partial charge on any atom is -0.341 e. The van der Waals surface area contributed by atoms with Gasteiger partial charge in [-0.2, -0.15) is 0 Å². The first-order chi connectivity index (χ1) is 9.45. The van der Waals surface area contributed by atoms with Crippen LogP contribution >= 0.6 is 0 Å². The summed E-state index contributed by atoms with van der Waals surface area (Å²) in [7, 11) is 2.01. The van der Waals surface area contributed by atoms with Crippen molar-refractivity contribution in [3.05, 3.63) is 0 Å². The van der Waals surface area contributed by atoms with Crippen LogP contribution in [0, 0.1) is 29.6 Å². The highest BCUT2D eigenvalue weighted by atomic mass is 16.2. The van der Waals surface area contributed by atoms with Gasteiger partial charge in [0, 0.05) is 13.1 Å². The second-order valence-corrected chi connectivity index (χ2v) is 8.11. The molecule has 4 aliphatic carbocycles. The van der Waals surface area contributed by atoms with E-state index in [4.69, 9.17) is 5.73 Å². The zero-order chi connectivity index (χ0) is 14.4. The lowest BCUT2D eigenvalue weighted by molar-refractivity contribution is -0.142. The van der Waals surface area contributed by atoms with Crippen molar-refractivity contribution in [1.82, 2.24) is 4.90 Å². The highest BCUT2D eigenvalue weighted by molar-refractivity contribution is 5.81. The van der Waals surface area contributed by atoms with Gasteiger partial charge in [0.05, 0.1) is 6.04 Å². The van der Waals surface area contributed by atoms with Crippen molar-refractivity contribution >= 4 is 5.91 Å². The van der Waals surface area contributed by atoms with Crippen molar-refractivity contribution in [2.75, 3.05) is 7.05 Å². The maximum Gasteiger partial charge on any atom is 0.239 e. The number of likely N-dealkylation sites (N-methyl/N-ethyl adjacent to an activating group) is 1. The molecule has 4 rings (SSSR count). The van der Waals surface area contributed by atoms with Crippen molar-refractivity contribution in [2.24, 2.45) is 35.3 Å². The third-order valence-corrected chi connectivity index (χ3v) is 6.01. The second kappa shape index (κ2) is 5.32. The molecule has 0 spiro atoms. The zero-order valence-electron chi connectivity index (χ0n) is 13.2. The van der Waals surface area contributed by atoms with Crippen molar-refractivity contribution in [3.63, 3.8) is 0 Å². The van der Waals surface area contributed by atoms with Crippen LogP contribution < -0.4 is 5.73 Å². The van der Waals surface area contributed by atoms with E-state index in [9.17, 15) is 4.79 Å². The summed E-state index contributed by atoms with van der Waals surface area (Å²) in [5, 5.41) is 0. The van der Waals surface area contributed by atoms with E-state index >= 15 is 0 Å². The van der Waals surface area contributed by atoms with Gasteiger partial charge in [0.2, 0.25) is 5.91 Å². The first-order valence-corrected chi connectivity index (χ1v) is 8.48. The van der Waals surface area contributed by atoms with Crippen LogP contribution in [0.5, 0.6) is 0 Å². The number of hydrogen-bond acceptors (Lipinski definition) is 2. The molecule has 20 heavy (non-hydrogen) atoms. The molecule has 0 saturated heterocycles. The molecule has 0 unspecified atom stereocenters. The lowest BCUT2D eigenvalue weighted by atomic mass is 9.54. The summed E-state index contributed by atoms with van der Waals surface area (Å²) in [5.74, 6) is 4.10. The smallest absolute Gasteiger partial charge is 0.239 e. The topological polar surface area (TPSA) is 46.3 Å². The molecule has 0 heterocycles. The predicted octanol–water partition coefficient (Wildman–Crippen LogP) is 2.64. The fraction of sp³-hybridized carbons (Fsp3) is 0.941. The van der Waals surface area contributed by atoms with Gasteiger partial charge in [-0.3, -0.25) is 4.79 Å². The fourth-order valence-corrected chi connectivity index (χ4v) is 5.55. The molecule has 4 aliphatic rings. The van der Waals surface area contributed by atoms with Gasteiger partial charge >= 0.3 is 0 Å². The minimum atomic E-state index is -0.308. The first kappa shape index (κ1) is 14.4. The van der Waals surface area contributed by atoms with Gasteiger partial charge in [0.1, 0.15) is 0 Å². The second-order valence-electron chi connectivity index (χ2n) is 8.11. The van der Waals surface area contributed by atoms with E-state index in [1.54, 1.807) is 0 Å². The summed E-state index contributed by atoms with van der Waals surface area (Å²) in [5.41, 5.74) is 6.12. The van der Waals surface area contributed by atoms with Crippen LogP contribution in [0.2, 0.25) is 0 Å². The van der Waals surface area contributed by atoms with Crippen LogP contribution in [-0.4, -0.2) is 29.9 Å². The van der Waals surface area contributed by atoms with E-state index in [-0.39, 0.29) is 11.9 Å². The van der Waals surface area contributed by atoms with Gasteiger partial charge in [0.15, 0.2) is 0 Å². The summed E-state index contributed by atoms with van der Waals surface area (Å²) in [4.78, 5) is 14.6. The maximum absolute atomic E-state index is 12.6. The molecule has 1 atom stereocenters. The van der Waals surface area contributed by atoms with Crippen LogP contribution in [0.3, 0.4) is 0 Å². The lowest BCUT2D eigenvalue weighted by Gasteiger charge is -2.56. The number of nitrogens with two attached hydrogens (primary N) is 1. The third kappa shape index (κ3) is 2.49. The summed E-state index contributed by atoms with van der Waals surface area (Å²) >= 11 is 0. The summed E-state index contributed by atoms with van der Waals surface area (Å²) < 4.78 is 0. The Bertz CT molecular complexity index is 351. The number of carbonyl (C=O) groups is 1. The zero-order valence-corrected chi connectivity index (χ0v) is 13.2. The van der Waals surface area contributed by atoms with Crippen LogP contribution in [-0.2, 0) is 4.79 Å². The van der Waals surface area contributed by atoms with Gasteiger partial charge in [0.25, 0.3) is 0 Å². The molecule has 2 N–H and O–H groups in total. The predicted molar refractivity (Wildman–Crippen MR) is 81.0 cm³/mol. The molecule has 0 aromatic heterocycles. The maximum atomic E-state index is 12.6. The molecule has 4 bridgehead atoms. The Morgan fingerprint density at radius 1 is 1.10 bits per heavy atom. The van der Waals surface area contributed by atoms with Crippen LogP contribution in [0.1, 0.15) is 52.4 Å². The standard InChI is InChI=1S/C17H30N2O/c1-10(2)4-15(18)17(20)19(3)16-13-6-11-5-12(8-13)9-14(16)7-11/h10-16H,4-9,18H2,1-3H3/t11?,12?,13?,14?,15-,16?/m0/s1. The molecule has 3 heteroatoms. The molecule has 3 nitrogen and oxygen atoms in total. The van der Waals surface area contributed by atoms with Crippen molar-refractivity contribution < 1.29 is 4.79 Å². The van der Waals surface area contributed by atoms with Crippen molar-refractivity contribution in [3.8, 4) is 0 Å². The van der Waals surface area contributed by atoms with Crippen molar-refractivity contribution in [2.45, 2.75) is 64.5 Å². The number of rotatable bonds is 4. The molecule has 0 aromatic rings. The molecule has 4 fully saturated rings. The summed E-state index contributed by atoms with van der Waals surface area (Å²) in [6, 6.07) is 0.172. The molecule has 0 aromatic carbocycles. The normalized spacial score (nSPS) is 40.1. The van der Waals surface area contributed by atoms with Crippen molar-refractivity contribution in [1.29, 1.82) is 0 Å². The van der Waals surface area contributed by atoms with E-state index in [2.05, 4.69) is 13.8 Å². The number of nitrogens with zero attached hydrogens (tertiary/aromatic N) is 1. The molecule has 0 aliphatic heterocycles. The Morgan fingerprint density at radius 3 is 2.05 bits per heavy atom. The SMILES string of the molecule is CC(C)C[C@H](N)C(=O)N(C)C1C2CC3CC(C2)CC1C3. The molecular weight excluding hydrogens is 248 g/mol. The Balaban J connectivity index is 1.68. The monoisotopic (exact) mass is 278 g/mol. The summed E-state index contributed by atoms with van der Waals surface area (Å²) in [6.07, 6.45) is 7.69. The molecular formula is C17H30N2O. The Kier molecular flexibility index (Phi) is 3.83. The van der Waals surface area contributed by atoms with Crippen LogP contribution in [0.15, 0.2) is 0 Å². The van der Waals surface area contributed by atoms with E-state index in [0.29, 0.717) is 12.0 Å². The third-order valence-electron chi connectivity index (χ3n) is 6.01. The average Bonchev–Trinajstić information content (AvgIpc) is 2.35. The van der Waals surface area contributed by atoms with Crippen LogP contribution in [0.4, 0.5) is 0 Å². The quantitative estimate of drug-likeness (QED) is 0.859. The molecule has 1 amide bonds. The number of hydrogen-bond donors (Lipinski definition) is 1. The first-order valence-electron chi connectivity index (χ1n) is 8.48. The van der Waals surface area contributed by atoms with E-state index in [0.717, 1.165) is 30.1 Å². The Labute approximate surface area is 123 Å². The van der Waals surface area contributed by atoms with Gasteiger partial charge in [-0.15, -0.1) is 0 Å². The van der Waals surface area contributed by atoms with E-state index in [1.165, 1.54) is 32.1 Å². The number of amides is 1. The van der Waals surface area contributed by atoms with E-state index < -0.39 is 0 Å². The van der Waals surface area contributed by atoms with E-state index in [1.807, 2.05) is 11.9 Å². The summed E-state index contributed by atoms with van der Waals surface area (Å²) in [6.45, 7) is 4.27. The average molecular weight is 278 g/mol. The Hall–Kier alpha value is -0.570. The lowest BCUT2D eigenvalue weighted by Crippen LogP contribution is -2.58. The highest BCUT2D eigenvalue weighted by Crippen LogP contribution is 2.54. The highest BCUT2D eigenvalue weighted by Gasteiger charge is 2.50. The van der Waals surface area contributed by atoms with Gasteiger partial charge in [-0.1, -0.05) is 13.8 Å². The fourth-order valence-electron chi connectivity index (χ4n) is 5.55. The number of carbonyl (C=O) groups excluding carboxylic acids is 1. The molecule has 0 radical (unpaired) electrons. The van der Waals surface area contributed by atoms with Gasteiger partial charge in [-0.25, -0.2) is 0 Å². The molecule has 4 saturated carbocycles. The van der Waals surface area contributed by atoms with Crippen LogP contribution in [0.25, 0.3) is 0 Å². The van der Waals surface area contributed by atoms with Gasteiger partial charge in [-0.05, 0) is 68.1 Å². The minimum absolute atomic E-state index is 0.177. The molecule has 114 valence electrons. The van der Waals surface area contributed by atoms with Gasteiger partial charge < -0.3 is 10.6 Å². The Morgan fingerprint density at radius 2 is 1.60 bits per heavy atom.